The van der Waals surface area contributed by atoms with Crippen LogP contribution >= 0.6 is 0 Å². The average Bonchev–Trinajstić information content (AvgIpc) is 3.02. The van der Waals surface area contributed by atoms with E-state index in [-0.39, 0.29) is 12.6 Å². The van der Waals surface area contributed by atoms with Crippen LogP contribution in [0.4, 0.5) is 10.5 Å². The number of amides is 2. The molecule has 1 aromatic heterocycles. The number of rotatable bonds is 6. The van der Waals surface area contributed by atoms with Crippen LogP contribution in [0.3, 0.4) is 0 Å². The Hall–Kier alpha value is -2.41. The van der Waals surface area contributed by atoms with Gasteiger partial charge >= 0.3 is 6.03 Å². The third-order valence-corrected chi connectivity index (χ3v) is 3.38. The molecule has 2 aromatic rings. The molecular weight excluding hydrogens is 282 g/mol. The molecular formula is C15H21N5O2. The van der Waals surface area contributed by atoms with E-state index in [0.717, 1.165) is 12.1 Å². The summed E-state index contributed by atoms with van der Waals surface area (Å²) in [5, 5.41) is 22.6. The third-order valence-electron chi connectivity index (χ3n) is 3.38. The number of hydrogen-bond donors (Lipinski definition) is 3. The van der Waals surface area contributed by atoms with Gasteiger partial charge in [-0.15, -0.1) is 5.10 Å². The third kappa shape index (κ3) is 4.05. The second-order valence-corrected chi connectivity index (χ2v) is 5.44. The zero-order chi connectivity index (χ0) is 16.0. The maximum Gasteiger partial charge on any atom is 0.319 e. The van der Waals surface area contributed by atoms with Crippen LogP contribution in [0.15, 0.2) is 36.7 Å². The van der Waals surface area contributed by atoms with Crippen LogP contribution in [0.2, 0.25) is 0 Å². The van der Waals surface area contributed by atoms with E-state index < -0.39 is 5.54 Å². The summed E-state index contributed by atoms with van der Waals surface area (Å²) >= 11 is 0. The van der Waals surface area contributed by atoms with Crippen molar-refractivity contribution in [2.45, 2.75) is 32.2 Å². The molecule has 1 aromatic carbocycles. The molecule has 0 saturated heterocycles. The lowest BCUT2D eigenvalue weighted by Gasteiger charge is -2.28. The van der Waals surface area contributed by atoms with Crippen molar-refractivity contribution in [1.82, 2.24) is 20.3 Å². The van der Waals surface area contributed by atoms with Gasteiger partial charge in [0, 0.05) is 5.69 Å². The number of urea groups is 1. The second-order valence-electron chi connectivity index (χ2n) is 5.44. The summed E-state index contributed by atoms with van der Waals surface area (Å²) in [6.07, 6.45) is 4.93. The Morgan fingerprint density at radius 2 is 2.09 bits per heavy atom. The van der Waals surface area contributed by atoms with Crippen LogP contribution in [-0.4, -0.2) is 38.3 Å². The summed E-state index contributed by atoms with van der Waals surface area (Å²) in [6, 6.07) is 6.90. The highest BCUT2D eigenvalue weighted by Gasteiger charge is 2.24. The normalized spacial score (nSPS) is 13.4. The van der Waals surface area contributed by atoms with Crippen LogP contribution < -0.4 is 10.6 Å². The highest BCUT2D eigenvalue weighted by atomic mass is 16.3. The summed E-state index contributed by atoms with van der Waals surface area (Å²) in [5.74, 6) is 0. The van der Waals surface area contributed by atoms with Crippen LogP contribution in [0.5, 0.6) is 0 Å². The molecule has 1 atom stereocenters. The number of carbonyl (C=O) groups excluding carboxylic acids is 1. The molecule has 0 aliphatic rings. The van der Waals surface area contributed by atoms with Crippen LogP contribution in [-0.2, 0) is 0 Å². The lowest BCUT2D eigenvalue weighted by Crippen LogP contribution is -2.50. The van der Waals surface area contributed by atoms with E-state index in [2.05, 4.69) is 20.9 Å². The number of carbonyl (C=O) groups is 1. The molecule has 0 saturated carbocycles. The summed E-state index contributed by atoms with van der Waals surface area (Å²) in [6.45, 7) is 3.74. The van der Waals surface area contributed by atoms with Crippen LogP contribution in [0.25, 0.3) is 5.69 Å². The van der Waals surface area contributed by atoms with Gasteiger partial charge < -0.3 is 15.7 Å². The molecule has 0 radical (unpaired) electrons. The molecule has 1 heterocycles. The Morgan fingerprint density at radius 3 is 2.64 bits per heavy atom. The van der Waals surface area contributed by atoms with Crippen molar-refractivity contribution in [3.63, 3.8) is 0 Å². The monoisotopic (exact) mass is 303 g/mol. The van der Waals surface area contributed by atoms with Gasteiger partial charge in [0.1, 0.15) is 0 Å². The fraction of sp³-hybridized carbons (Fsp3) is 0.400. The Morgan fingerprint density at radius 1 is 1.36 bits per heavy atom. The van der Waals surface area contributed by atoms with Crippen molar-refractivity contribution in [1.29, 1.82) is 0 Å². The zero-order valence-corrected chi connectivity index (χ0v) is 12.8. The fourth-order valence-electron chi connectivity index (χ4n) is 2.21. The van der Waals surface area contributed by atoms with E-state index in [1.54, 1.807) is 29.2 Å². The van der Waals surface area contributed by atoms with E-state index >= 15 is 0 Å². The largest absolute Gasteiger partial charge is 0.394 e. The van der Waals surface area contributed by atoms with Crippen molar-refractivity contribution in [3.05, 3.63) is 36.7 Å². The van der Waals surface area contributed by atoms with Crippen LogP contribution in [0.1, 0.15) is 26.7 Å². The Bertz CT molecular complexity index is 597. The first-order chi connectivity index (χ1) is 10.6. The molecule has 3 N–H and O–H groups in total. The van der Waals surface area contributed by atoms with Gasteiger partial charge in [0.2, 0.25) is 0 Å². The number of nitrogens with one attached hydrogen (secondary N) is 2. The van der Waals surface area contributed by atoms with Crippen molar-refractivity contribution < 1.29 is 9.90 Å². The molecule has 0 fully saturated rings. The topological polar surface area (TPSA) is 92.1 Å². The van der Waals surface area contributed by atoms with Gasteiger partial charge in [0.15, 0.2) is 0 Å². The van der Waals surface area contributed by atoms with E-state index in [4.69, 9.17) is 0 Å². The van der Waals surface area contributed by atoms with E-state index in [9.17, 15) is 9.90 Å². The Balaban J connectivity index is 1.97. The van der Waals surface area contributed by atoms with Gasteiger partial charge in [-0.05, 0) is 37.6 Å². The minimum absolute atomic E-state index is 0.0977. The van der Waals surface area contributed by atoms with Gasteiger partial charge in [-0.1, -0.05) is 18.6 Å². The van der Waals surface area contributed by atoms with Gasteiger partial charge in [-0.25, -0.2) is 9.48 Å². The first kappa shape index (κ1) is 16.0. The minimum atomic E-state index is -0.612. The van der Waals surface area contributed by atoms with Crippen molar-refractivity contribution in [2.75, 3.05) is 11.9 Å². The maximum absolute atomic E-state index is 12.0. The number of hydrogen-bond acceptors (Lipinski definition) is 4. The van der Waals surface area contributed by atoms with Gasteiger partial charge in [0.25, 0.3) is 0 Å². The molecule has 0 spiro atoms. The molecule has 118 valence electrons. The van der Waals surface area contributed by atoms with Crippen molar-refractivity contribution in [3.8, 4) is 5.69 Å². The molecule has 0 aliphatic carbocycles. The molecule has 1 unspecified atom stereocenters. The molecule has 0 aliphatic heterocycles. The summed E-state index contributed by atoms with van der Waals surface area (Å²) in [5.41, 5.74) is 0.909. The molecule has 0 bridgehead atoms. The Labute approximate surface area is 129 Å². The molecule has 7 heteroatoms. The lowest BCUT2D eigenvalue weighted by atomic mass is 9.98. The summed E-state index contributed by atoms with van der Waals surface area (Å²) in [4.78, 5) is 12.0. The van der Waals surface area contributed by atoms with Gasteiger partial charge in [-0.2, -0.15) is 0 Å². The number of aliphatic hydroxyl groups is 1. The number of nitrogens with zero attached hydrogens (tertiary/aromatic N) is 3. The second kappa shape index (κ2) is 7.04. The van der Waals surface area contributed by atoms with E-state index in [1.807, 2.05) is 26.0 Å². The average molecular weight is 303 g/mol. The van der Waals surface area contributed by atoms with E-state index in [1.165, 1.54) is 0 Å². The number of aromatic nitrogens is 3. The van der Waals surface area contributed by atoms with E-state index in [0.29, 0.717) is 12.1 Å². The van der Waals surface area contributed by atoms with Crippen molar-refractivity contribution >= 4 is 11.7 Å². The standard InChI is InChI=1S/C15H21N5O2/c1-3-8-15(2,11-21)18-14(22)17-12-4-6-13(7-5-12)20-10-9-16-19-20/h4-7,9-10,21H,3,8,11H2,1-2H3,(H2,17,18,22). The predicted molar refractivity (Wildman–Crippen MR) is 83.9 cm³/mol. The Kier molecular flexibility index (Phi) is 5.11. The lowest BCUT2D eigenvalue weighted by molar-refractivity contribution is 0.167. The molecule has 2 amide bonds. The van der Waals surface area contributed by atoms with Crippen LogP contribution in [0, 0.1) is 0 Å². The summed E-state index contributed by atoms with van der Waals surface area (Å²) in [7, 11) is 0. The molecule has 2 rings (SSSR count). The number of aliphatic hydroxyl groups excluding tert-OH is 1. The van der Waals surface area contributed by atoms with Gasteiger partial charge in [-0.3, -0.25) is 0 Å². The number of benzene rings is 1. The van der Waals surface area contributed by atoms with Crippen molar-refractivity contribution in [2.24, 2.45) is 0 Å². The minimum Gasteiger partial charge on any atom is -0.394 e. The zero-order valence-electron chi connectivity index (χ0n) is 12.8. The first-order valence-corrected chi connectivity index (χ1v) is 7.23. The highest BCUT2D eigenvalue weighted by molar-refractivity contribution is 5.89. The smallest absolute Gasteiger partial charge is 0.319 e. The first-order valence-electron chi connectivity index (χ1n) is 7.23. The maximum atomic E-state index is 12.0. The molecule has 7 nitrogen and oxygen atoms in total. The fourth-order valence-corrected chi connectivity index (χ4v) is 2.21. The molecule has 22 heavy (non-hydrogen) atoms. The quantitative estimate of drug-likeness (QED) is 0.760. The SMILES string of the molecule is CCCC(C)(CO)NC(=O)Nc1ccc(-n2ccnn2)cc1. The number of anilines is 1. The summed E-state index contributed by atoms with van der Waals surface area (Å²) < 4.78 is 1.63. The predicted octanol–water partition coefficient (Wildman–Crippen LogP) is 1.94. The highest BCUT2D eigenvalue weighted by Crippen LogP contribution is 2.14. The van der Waals surface area contributed by atoms with Gasteiger partial charge in [0.05, 0.1) is 30.2 Å².